The van der Waals surface area contributed by atoms with Crippen LogP contribution in [-0.2, 0) is 10.0 Å². The second-order valence-corrected chi connectivity index (χ2v) is 7.30. The Kier molecular flexibility index (Phi) is 4.32. The molecule has 3 aromatic heterocycles. The largest absolute Gasteiger partial charge is 0.263 e. The molecule has 0 aliphatic rings. The maximum Gasteiger partial charge on any atom is 0.242 e. The molecular formula is C14H14N4O2S2. The summed E-state index contributed by atoms with van der Waals surface area (Å²) < 4.78 is 29.0. The van der Waals surface area contributed by atoms with E-state index in [0.29, 0.717) is 0 Å². The number of sulfonamides is 1. The number of hydrogen-bond acceptors (Lipinski definition) is 5. The standard InChI is InChI=1S/C14H14N4O2S2/c19-22(20,12-4-1-6-15-10-12)17-11-13(14-5-2-9-21-14)18-8-3-7-16-18/h1-10,13,17H,11H2. The average Bonchev–Trinajstić information content (AvgIpc) is 3.22. The minimum Gasteiger partial charge on any atom is -0.263 e. The highest BCUT2D eigenvalue weighted by molar-refractivity contribution is 7.89. The SMILES string of the molecule is O=S(=O)(NCC(c1cccs1)n1cccn1)c1cccnc1. The molecule has 0 saturated heterocycles. The monoisotopic (exact) mass is 334 g/mol. The zero-order chi connectivity index (χ0) is 15.4. The number of pyridine rings is 1. The lowest BCUT2D eigenvalue weighted by Crippen LogP contribution is -2.31. The van der Waals surface area contributed by atoms with E-state index >= 15 is 0 Å². The van der Waals surface area contributed by atoms with Crippen LogP contribution in [0.5, 0.6) is 0 Å². The minimum absolute atomic E-state index is 0.153. The fraction of sp³-hybridized carbons (Fsp3) is 0.143. The van der Waals surface area contributed by atoms with Crippen LogP contribution in [0.3, 0.4) is 0 Å². The summed E-state index contributed by atoms with van der Waals surface area (Å²) in [5.41, 5.74) is 0. The summed E-state index contributed by atoms with van der Waals surface area (Å²) in [6.45, 7) is 0.222. The number of nitrogens with zero attached hydrogens (tertiary/aromatic N) is 3. The Balaban J connectivity index is 1.81. The molecule has 1 unspecified atom stereocenters. The molecule has 0 aliphatic heterocycles. The molecule has 0 spiro atoms. The lowest BCUT2D eigenvalue weighted by molar-refractivity contribution is 0.511. The Labute approximate surface area is 132 Å². The second kappa shape index (κ2) is 6.39. The first kappa shape index (κ1) is 14.9. The fourth-order valence-corrected chi connectivity index (χ4v) is 3.87. The van der Waals surface area contributed by atoms with E-state index in [2.05, 4.69) is 14.8 Å². The van der Waals surface area contributed by atoms with Crippen LogP contribution in [0.4, 0.5) is 0 Å². The van der Waals surface area contributed by atoms with Gasteiger partial charge in [-0.15, -0.1) is 11.3 Å². The fourth-order valence-electron chi connectivity index (χ4n) is 2.05. The van der Waals surface area contributed by atoms with Crippen molar-refractivity contribution < 1.29 is 8.42 Å². The molecule has 0 amide bonds. The van der Waals surface area contributed by atoms with Gasteiger partial charge in [-0.1, -0.05) is 6.07 Å². The van der Waals surface area contributed by atoms with Crippen LogP contribution in [0.1, 0.15) is 10.9 Å². The van der Waals surface area contributed by atoms with E-state index in [1.807, 2.05) is 29.8 Å². The van der Waals surface area contributed by atoms with Gasteiger partial charge >= 0.3 is 0 Å². The topological polar surface area (TPSA) is 76.9 Å². The smallest absolute Gasteiger partial charge is 0.242 e. The normalized spacial score (nSPS) is 13.1. The molecule has 3 heterocycles. The first-order valence-corrected chi connectivity index (χ1v) is 8.95. The third-order valence-corrected chi connectivity index (χ3v) is 5.51. The van der Waals surface area contributed by atoms with Gasteiger partial charge in [-0.3, -0.25) is 9.67 Å². The summed E-state index contributed by atoms with van der Waals surface area (Å²) in [4.78, 5) is 5.04. The molecule has 1 N–H and O–H groups in total. The van der Waals surface area contributed by atoms with Gasteiger partial charge in [0.15, 0.2) is 0 Å². The Bertz CT molecular complexity index is 766. The zero-order valence-electron chi connectivity index (χ0n) is 11.5. The van der Waals surface area contributed by atoms with Crippen molar-refractivity contribution in [2.75, 3.05) is 6.54 Å². The van der Waals surface area contributed by atoms with E-state index in [4.69, 9.17) is 0 Å². The number of thiophene rings is 1. The highest BCUT2D eigenvalue weighted by Gasteiger charge is 2.20. The van der Waals surface area contributed by atoms with E-state index in [1.165, 1.54) is 18.5 Å². The molecule has 0 fully saturated rings. The molecule has 3 rings (SSSR count). The van der Waals surface area contributed by atoms with Gasteiger partial charge in [-0.2, -0.15) is 5.10 Å². The summed E-state index contributed by atoms with van der Waals surface area (Å²) >= 11 is 1.57. The number of rotatable bonds is 6. The van der Waals surface area contributed by atoms with Crippen molar-refractivity contribution in [1.82, 2.24) is 19.5 Å². The van der Waals surface area contributed by atoms with Crippen molar-refractivity contribution in [3.05, 3.63) is 65.4 Å². The summed E-state index contributed by atoms with van der Waals surface area (Å²) in [5.74, 6) is 0. The predicted octanol–water partition coefficient (Wildman–Crippen LogP) is 1.91. The minimum atomic E-state index is -3.59. The molecule has 0 bridgehead atoms. The first-order chi connectivity index (χ1) is 10.7. The van der Waals surface area contributed by atoms with E-state index in [9.17, 15) is 8.42 Å². The zero-order valence-corrected chi connectivity index (χ0v) is 13.2. The van der Waals surface area contributed by atoms with Crippen LogP contribution >= 0.6 is 11.3 Å². The maximum atomic E-state index is 12.3. The van der Waals surface area contributed by atoms with Gasteiger partial charge in [0.05, 0.1) is 6.04 Å². The van der Waals surface area contributed by atoms with E-state index in [0.717, 1.165) is 4.88 Å². The lowest BCUT2D eigenvalue weighted by atomic mass is 10.2. The van der Waals surface area contributed by atoms with Gasteiger partial charge in [0.1, 0.15) is 4.90 Å². The molecule has 0 radical (unpaired) electrons. The summed E-state index contributed by atoms with van der Waals surface area (Å²) in [6.07, 6.45) is 6.37. The number of aromatic nitrogens is 3. The average molecular weight is 334 g/mol. The van der Waals surface area contributed by atoms with Crippen molar-refractivity contribution in [1.29, 1.82) is 0 Å². The van der Waals surface area contributed by atoms with Crippen LogP contribution < -0.4 is 4.72 Å². The predicted molar refractivity (Wildman–Crippen MR) is 84.1 cm³/mol. The second-order valence-electron chi connectivity index (χ2n) is 4.56. The Morgan fingerprint density at radius 3 is 2.77 bits per heavy atom. The van der Waals surface area contributed by atoms with E-state index in [1.54, 1.807) is 28.3 Å². The lowest BCUT2D eigenvalue weighted by Gasteiger charge is -2.17. The molecule has 1 atom stereocenters. The Morgan fingerprint density at radius 2 is 2.14 bits per heavy atom. The highest BCUT2D eigenvalue weighted by Crippen LogP contribution is 2.22. The molecule has 22 heavy (non-hydrogen) atoms. The molecule has 8 heteroatoms. The Hall–Kier alpha value is -2.03. The van der Waals surface area contributed by atoms with Gasteiger partial charge in [0.2, 0.25) is 10.0 Å². The van der Waals surface area contributed by atoms with Gasteiger partial charge in [-0.25, -0.2) is 13.1 Å². The van der Waals surface area contributed by atoms with Crippen molar-refractivity contribution >= 4 is 21.4 Å². The molecule has 114 valence electrons. The Morgan fingerprint density at radius 1 is 1.23 bits per heavy atom. The van der Waals surface area contributed by atoms with E-state index in [-0.39, 0.29) is 17.5 Å². The molecule has 0 aliphatic carbocycles. The van der Waals surface area contributed by atoms with Gasteiger partial charge < -0.3 is 0 Å². The maximum absolute atomic E-state index is 12.3. The van der Waals surface area contributed by atoms with Crippen molar-refractivity contribution in [3.63, 3.8) is 0 Å². The molecule has 6 nitrogen and oxygen atoms in total. The number of nitrogens with one attached hydrogen (secondary N) is 1. The molecular weight excluding hydrogens is 320 g/mol. The van der Waals surface area contributed by atoms with Crippen LogP contribution in [0.2, 0.25) is 0 Å². The summed E-state index contributed by atoms with van der Waals surface area (Å²) in [5, 5.41) is 6.18. The summed E-state index contributed by atoms with van der Waals surface area (Å²) in [7, 11) is -3.59. The highest BCUT2D eigenvalue weighted by atomic mass is 32.2. The first-order valence-electron chi connectivity index (χ1n) is 6.59. The van der Waals surface area contributed by atoms with Gasteiger partial charge in [0.25, 0.3) is 0 Å². The third kappa shape index (κ3) is 3.24. The van der Waals surface area contributed by atoms with Crippen molar-refractivity contribution in [2.24, 2.45) is 0 Å². The molecule has 3 aromatic rings. The van der Waals surface area contributed by atoms with Crippen LogP contribution in [-0.4, -0.2) is 29.7 Å². The van der Waals surface area contributed by atoms with Gasteiger partial charge in [-0.05, 0) is 29.6 Å². The summed E-state index contributed by atoms with van der Waals surface area (Å²) in [6, 6.07) is 8.65. The van der Waals surface area contributed by atoms with E-state index < -0.39 is 10.0 Å². The quantitative estimate of drug-likeness (QED) is 0.747. The molecule has 0 aromatic carbocycles. The van der Waals surface area contributed by atoms with Crippen LogP contribution in [0.15, 0.2) is 65.4 Å². The van der Waals surface area contributed by atoms with Gasteiger partial charge in [0, 0.05) is 36.2 Å². The van der Waals surface area contributed by atoms with Crippen LogP contribution in [0.25, 0.3) is 0 Å². The number of hydrogen-bond donors (Lipinski definition) is 1. The molecule has 0 saturated carbocycles. The van der Waals surface area contributed by atoms with Crippen LogP contribution in [0, 0.1) is 0 Å². The third-order valence-electron chi connectivity index (χ3n) is 3.13. The van der Waals surface area contributed by atoms with Crippen molar-refractivity contribution in [2.45, 2.75) is 10.9 Å². The van der Waals surface area contributed by atoms with Crippen molar-refractivity contribution in [3.8, 4) is 0 Å².